The van der Waals surface area contributed by atoms with Crippen molar-refractivity contribution < 1.29 is 22.8 Å². The highest BCUT2D eigenvalue weighted by molar-refractivity contribution is 7.89. The van der Waals surface area contributed by atoms with Gasteiger partial charge in [-0.2, -0.15) is 4.31 Å². The lowest BCUT2D eigenvalue weighted by Crippen LogP contribution is -2.62. The highest BCUT2D eigenvalue weighted by atomic mass is 35.5. The Balaban J connectivity index is 0.00000675. The zero-order valence-corrected chi connectivity index (χ0v) is 29.7. The minimum Gasteiger partial charge on any atom is -0.850 e. The smallest absolute Gasteiger partial charge is 0.279 e. The summed E-state index contributed by atoms with van der Waals surface area (Å²) in [5.74, 6) is -0.794. The average Bonchev–Trinajstić information content (AvgIpc) is 3.04. The Morgan fingerprint density at radius 1 is 0.977 bits per heavy atom. The number of carbonyl (C=O) groups excluding carboxylic acids is 1. The van der Waals surface area contributed by atoms with Crippen LogP contribution < -0.4 is 15.3 Å². The van der Waals surface area contributed by atoms with E-state index in [-0.39, 0.29) is 23.2 Å². The van der Waals surface area contributed by atoms with Gasteiger partial charge in [-0.3, -0.25) is 4.79 Å². The first kappa shape index (κ1) is 38.0. The zero-order valence-electron chi connectivity index (χ0n) is 28.1. The van der Waals surface area contributed by atoms with Crippen LogP contribution >= 0.6 is 12.4 Å². The summed E-state index contributed by atoms with van der Waals surface area (Å²) in [4.78, 5) is 15.3. The first-order valence-electron chi connectivity index (χ1n) is 16.1. The van der Waals surface area contributed by atoms with Gasteiger partial charge in [-0.15, -0.1) is 12.4 Å². The molecule has 0 fully saturated rings. The van der Waals surface area contributed by atoms with Crippen molar-refractivity contribution in [3.05, 3.63) is 53.6 Å². The highest BCUT2D eigenvalue weighted by Crippen LogP contribution is 2.47. The quantitative estimate of drug-likeness (QED) is 0.269. The minimum absolute atomic E-state index is 0. The van der Waals surface area contributed by atoms with Crippen molar-refractivity contribution >= 4 is 39.7 Å². The van der Waals surface area contributed by atoms with Crippen molar-refractivity contribution in [3.8, 4) is 0 Å². The predicted octanol–water partition coefficient (Wildman–Crippen LogP) is 5.60. The lowest BCUT2D eigenvalue weighted by molar-refractivity contribution is -0.915. The number of unbranched alkanes of at least 4 members (excludes halogenated alkanes) is 2. The average molecular weight is 651 g/mol. The number of likely N-dealkylation sites (N-methyl/N-ethyl adjacent to an activating group) is 2. The van der Waals surface area contributed by atoms with Crippen LogP contribution in [-0.2, 0) is 14.8 Å². The number of amides is 1. The summed E-state index contributed by atoms with van der Waals surface area (Å²) in [7, 11) is 1.47. The van der Waals surface area contributed by atoms with Crippen molar-refractivity contribution in [3.63, 3.8) is 0 Å². The van der Waals surface area contributed by atoms with Crippen LogP contribution in [0.3, 0.4) is 0 Å². The monoisotopic (exact) mass is 650 g/mol. The maximum Gasteiger partial charge on any atom is 0.279 e. The summed E-state index contributed by atoms with van der Waals surface area (Å²) >= 11 is 0. The summed E-state index contributed by atoms with van der Waals surface area (Å²) in [5, 5.41) is 18.2. The Labute approximate surface area is 272 Å². The normalized spacial score (nSPS) is 19.4. The number of anilines is 2. The number of hydrogen-bond acceptors (Lipinski definition) is 5. The van der Waals surface area contributed by atoms with Crippen LogP contribution in [0.25, 0.3) is 0 Å². The van der Waals surface area contributed by atoms with Crippen LogP contribution in [0.5, 0.6) is 0 Å². The number of benzene rings is 2. The van der Waals surface area contributed by atoms with Crippen LogP contribution in [-0.4, -0.2) is 82.1 Å². The molecule has 0 radical (unpaired) electrons. The summed E-state index contributed by atoms with van der Waals surface area (Å²) in [6.45, 7) is 13.4. The molecule has 1 aliphatic rings. The molecule has 2 aromatic rings. The Morgan fingerprint density at radius 2 is 1.57 bits per heavy atom. The van der Waals surface area contributed by atoms with E-state index in [1.807, 2.05) is 55.4 Å². The largest absolute Gasteiger partial charge is 0.850 e. The summed E-state index contributed by atoms with van der Waals surface area (Å²) in [6.07, 6.45) is 3.00. The van der Waals surface area contributed by atoms with E-state index < -0.39 is 27.6 Å². The number of nitrogens with zero attached hydrogens (tertiary/aromatic N) is 3. The third kappa shape index (κ3) is 7.61. The molecule has 0 saturated heterocycles. The Morgan fingerprint density at radius 3 is 2.09 bits per heavy atom. The van der Waals surface area contributed by atoms with E-state index in [4.69, 9.17) is 0 Å². The van der Waals surface area contributed by atoms with E-state index in [1.54, 1.807) is 13.1 Å². The summed E-state index contributed by atoms with van der Waals surface area (Å²) in [6, 6.07) is 12.8. The molecule has 8 nitrogen and oxygen atoms in total. The lowest BCUT2D eigenvalue weighted by Gasteiger charge is -2.52. The number of fused-ring (bicyclic) bond motifs is 1. The molecule has 10 heteroatoms. The van der Waals surface area contributed by atoms with E-state index in [9.17, 15) is 13.2 Å². The van der Waals surface area contributed by atoms with Gasteiger partial charge in [-0.05, 0) is 81.0 Å². The number of quaternary nitrogens is 1. The molecule has 1 N–H and O–H groups in total. The van der Waals surface area contributed by atoms with Gasteiger partial charge in [0, 0.05) is 38.1 Å². The van der Waals surface area contributed by atoms with Crippen molar-refractivity contribution in [2.75, 3.05) is 57.5 Å². The molecule has 1 amide bonds. The number of sulfonamides is 1. The fourth-order valence-electron chi connectivity index (χ4n) is 6.70. The van der Waals surface area contributed by atoms with Crippen molar-refractivity contribution in [1.82, 2.24) is 4.31 Å². The fraction of sp³-hybridized carbons (Fsp3) is 0.618. The molecule has 3 rings (SSSR count). The third-order valence-electron chi connectivity index (χ3n) is 9.89. The lowest BCUT2D eigenvalue weighted by atomic mass is 9.72. The fourth-order valence-corrected chi connectivity index (χ4v) is 8.48. The van der Waals surface area contributed by atoms with Crippen LogP contribution in [0.2, 0.25) is 0 Å². The molecule has 1 aliphatic heterocycles. The maximum absolute atomic E-state index is 15.1. The molecule has 2 unspecified atom stereocenters. The summed E-state index contributed by atoms with van der Waals surface area (Å²) < 4.78 is 30.7. The van der Waals surface area contributed by atoms with Crippen LogP contribution in [0, 0.1) is 0 Å². The van der Waals surface area contributed by atoms with Crippen LogP contribution in [0.1, 0.15) is 90.2 Å². The molecule has 2 aromatic carbocycles. The van der Waals surface area contributed by atoms with Crippen LogP contribution in [0.15, 0.2) is 47.4 Å². The third-order valence-corrected chi connectivity index (χ3v) is 11.9. The molecule has 1 heterocycles. The molecule has 0 aromatic heterocycles. The molecular formula is C34H55ClN4O4S. The van der Waals surface area contributed by atoms with Gasteiger partial charge in [0.05, 0.1) is 24.5 Å². The van der Waals surface area contributed by atoms with Gasteiger partial charge in [0.1, 0.15) is 0 Å². The van der Waals surface area contributed by atoms with Gasteiger partial charge in [0.2, 0.25) is 10.0 Å². The van der Waals surface area contributed by atoms with Gasteiger partial charge in [0.15, 0.2) is 6.54 Å². The second kappa shape index (κ2) is 15.9. The molecule has 44 heavy (non-hydrogen) atoms. The van der Waals surface area contributed by atoms with Gasteiger partial charge >= 0.3 is 0 Å². The van der Waals surface area contributed by atoms with Crippen LogP contribution in [0.4, 0.5) is 11.4 Å². The molecule has 0 spiro atoms. The molecule has 248 valence electrons. The van der Waals surface area contributed by atoms with Gasteiger partial charge < -0.3 is 19.8 Å². The van der Waals surface area contributed by atoms with Crippen molar-refractivity contribution in [1.29, 1.82) is 0 Å². The van der Waals surface area contributed by atoms with E-state index >= 15 is 5.11 Å². The second-order valence-electron chi connectivity index (χ2n) is 12.4. The molecular weight excluding hydrogens is 596 g/mol. The van der Waals surface area contributed by atoms with Gasteiger partial charge in [0.25, 0.3) is 5.91 Å². The maximum atomic E-state index is 15.1. The van der Waals surface area contributed by atoms with Gasteiger partial charge in [-0.1, -0.05) is 57.8 Å². The van der Waals surface area contributed by atoms with Crippen molar-refractivity contribution in [2.45, 2.75) is 95.6 Å². The Kier molecular flexibility index (Phi) is 13.7. The number of hydrogen-bond donors (Lipinski definition) is 1. The first-order chi connectivity index (χ1) is 20.4. The molecule has 0 bridgehead atoms. The Hall–Kier alpha value is -2.17. The molecule has 2 atom stereocenters. The second-order valence-corrected chi connectivity index (χ2v) is 14.4. The van der Waals surface area contributed by atoms with E-state index in [2.05, 4.69) is 39.9 Å². The predicted molar refractivity (Wildman–Crippen MR) is 182 cm³/mol. The number of halogens is 1. The molecule has 0 saturated carbocycles. The topological polar surface area (TPSA) is 92.8 Å². The van der Waals surface area contributed by atoms with E-state index in [0.717, 1.165) is 56.6 Å². The first-order valence-corrected chi connectivity index (χ1v) is 17.5. The standard InChI is InChI=1S/C34H54N4O4S.ClH/c1-9-14-21-34(22-15-10-2)33(40)32(29-24-28(36(6)7)19-20-30(29)43(41,42)37(34)8)26-17-16-18-27(23-26)35-31(39)25-38(11-3,12-4)13-5;/h16-20,23-24,32-33H,9-15,21-22,25H2,1-8H3,(H,35,39);1H. The van der Waals surface area contributed by atoms with Crippen molar-refractivity contribution in [2.24, 2.45) is 0 Å². The van der Waals surface area contributed by atoms with E-state index in [1.165, 1.54) is 4.31 Å². The molecule has 0 aliphatic carbocycles. The zero-order chi connectivity index (χ0) is 32.0. The SMILES string of the molecule is CCCCC1(CCCC)C([O-])C(c2cccc(NC(=O)C[N+](CC)(CC)CC)c2)c2cc(N(C)C)ccc2S(=O)(=O)N1C.Cl. The minimum atomic E-state index is -3.96. The number of carbonyl (C=O) groups is 1. The number of nitrogens with one attached hydrogen (secondary N) is 1. The van der Waals surface area contributed by atoms with Gasteiger partial charge in [-0.25, -0.2) is 8.42 Å². The van der Waals surface area contributed by atoms with E-state index in [0.29, 0.717) is 35.1 Å². The summed E-state index contributed by atoms with van der Waals surface area (Å²) in [5.41, 5.74) is 1.61. The Bertz CT molecular complexity index is 1330. The number of rotatable bonds is 14. The highest BCUT2D eigenvalue weighted by Gasteiger charge is 2.49.